The van der Waals surface area contributed by atoms with Crippen LogP contribution in [0.3, 0.4) is 0 Å². The molecule has 0 saturated heterocycles. The van der Waals surface area contributed by atoms with Gasteiger partial charge in [0.2, 0.25) is 0 Å². The predicted molar refractivity (Wildman–Crippen MR) is 126 cm³/mol. The quantitative estimate of drug-likeness (QED) is 0.567. The van der Waals surface area contributed by atoms with Gasteiger partial charge in [0.15, 0.2) is 11.5 Å². The summed E-state index contributed by atoms with van der Waals surface area (Å²) in [5.41, 5.74) is 6.14. The summed E-state index contributed by atoms with van der Waals surface area (Å²) in [5, 5.41) is 0. The molecule has 0 spiro atoms. The molecule has 1 atom stereocenters. The number of benzene rings is 3. The molecule has 1 unspecified atom stereocenters. The number of rotatable bonds is 6. The maximum Gasteiger partial charge on any atom is 0.161 e. The molecule has 3 aromatic carbocycles. The van der Waals surface area contributed by atoms with E-state index in [2.05, 4.69) is 72.4 Å². The van der Waals surface area contributed by atoms with Crippen molar-refractivity contribution >= 4 is 11.4 Å². The van der Waals surface area contributed by atoms with Gasteiger partial charge in [-0.05, 0) is 71.6 Å². The Morgan fingerprint density at radius 1 is 0.806 bits per heavy atom. The van der Waals surface area contributed by atoms with E-state index in [9.17, 15) is 0 Å². The molecule has 1 heterocycles. The van der Waals surface area contributed by atoms with Crippen LogP contribution in [0, 0.1) is 0 Å². The Kier molecular flexibility index (Phi) is 5.94. The van der Waals surface area contributed by atoms with Crippen molar-refractivity contribution in [2.24, 2.45) is 0 Å². The summed E-state index contributed by atoms with van der Waals surface area (Å²) < 4.78 is 16.6. The zero-order chi connectivity index (χ0) is 22.0. The zero-order valence-corrected chi connectivity index (χ0v) is 18.9. The van der Waals surface area contributed by atoms with E-state index < -0.39 is 0 Å². The molecule has 0 radical (unpaired) electrons. The smallest absolute Gasteiger partial charge is 0.161 e. The first-order chi connectivity index (χ1) is 15.0. The number of hydrogen-bond acceptors (Lipinski definition) is 5. The first-order valence-corrected chi connectivity index (χ1v) is 10.5. The monoisotopic (exact) mass is 418 g/mol. The number of nitrogens with zero attached hydrogens (tertiary/aromatic N) is 2. The number of fused-ring (bicyclic) bond motifs is 1. The first-order valence-electron chi connectivity index (χ1n) is 10.5. The Hall–Kier alpha value is -3.34. The van der Waals surface area contributed by atoms with Gasteiger partial charge < -0.3 is 24.0 Å². The SMILES string of the molecule is COc1ccc(N2CCc3cc(OC)c(OC)cc3C2c2ccc(N(C)C)cc2)cc1. The number of hydrogen-bond donors (Lipinski definition) is 0. The molecule has 4 rings (SSSR count). The summed E-state index contributed by atoms with van der Waals surface area (Å²) >= 11 is 0. The average Bonchev–Trinajstić information content (AvgIpc) is 2.82. The summed E-state index contributed by atoms with van der Waals surface area (Å²) in [6.07, 6.45) is 0.938. The molecule has 0 aromatic heterocycles. The highest BCUT2D eigenvalue weighted by Gasteiger charge is 2.30. The summed E-state index contributed by atoms with van der Waals surface area (Å²) in [6.45, 7) is 0.912. The largest absolute Gasteiger partial charge is 0.497 e. The standard InChI is InChI=1S/C26H30N2O3/c1-27(2)20-8-6-18(7-9-20)26-23-17-25(31-5)24(30-4)16-19(23)14-15-28(26)21-10-12-22(29-3)13-11-21/h6-13,16-17,26H,14-15H2,1-5H3. The van der Waals surface area contributed by atoms with Gasteiger partial charge in [-0.3, -0.25) is 0 Å². The number of anilines is 2. The van der Waals surface area contributed by atoms with Gasteiger partial charge in [0.05, 0.1) is 27.4 Å². The van der Waals surface area contributed by atoms with E-state index in [1.807, 2.05) is 12.1 Å². The van der Waals surface area contributed by atoms with E-state index in [-0.39, 0.29) is 6.04 Å². The van der Waals surface area contributed by atoms with Crippen molar-refractivity contribution in [1.29, 1.82) is 0 Å². The Morgan fingerprint density at radius 3 is 2.03 bits per heavy atom. The predicted octanol–water partition coefficient (Wildman–Crippen LogP) is 4.93. The van der Waals surface area contributed by atoms with Crippen molar-refractivity contribution in [3.8, 4) is 17.2 Å². The summed E-state index contributed by atoms with van der Waals surface area (Å²) in [4.78, 5) is 4.58. The Labute approximate surface area is 184 Å². The lowest BCUT2D eigenvalue weighted by Crippen LogP contribution is -2.36. The average molecular weight is 419 g/mol. The molecule has 31 heavy (non-hydrogen) atoms. The molecule has 5 nitrogen and oxygen atoms in total. The fourth-order valence-corrected chi connectivity index (χ4v) is 4.31. The number of methoxy groups -OCH3 is 3. The molecule has 0 N–H and O–H groups in total. The molecule has 5 heteroatoms. The van der Waals surface area contributed by atoms with Crippen LogP contribution >= 0.6 is 0 Å². The summed E-state index contributed by atoms with van der Waals surface area (Å²) in [7, 11) is 9.20. The van der Waals surface area contributed by atoms with Crippen molar-refractivity contribution in [2.75, 3.05) is 51.8 Å². The number of ether oxygens (including phenoxy) is 3. The van der Waals surface area contributed by atoms with E-state index in [0.717, 1.165) is 30.2 Å². The van der Waals surface area contributed by atoms with Crippen LogP contribution in [-0.4, -0.2) is 42.0 Å². The van der Waals surface area contributed by atoms with Gasteiger partial charge in [-0.1, -0.05) is 12.1 Å². The van der Waals surface area contributed by atoms with Gasteiger partial charge in [0.1, 0.15) is 5.75 Å². The third-order valence-corrected chi connectivity index (χ3v) is 6.00. The molecular weight excluding hydrogens is 388 g/mol. The fourth-order valence-electron chi connectivity index (χ4n) is 4.31. The van der Waals surface area contributed by atoms with E-state index in [0.29, 0.717) is 0 Å². The van der Waals surface area contributed by atoms with E-state index in [1.165, 1.54) is 28.1 Å². The van der Waals surface area contributed by atoms with Crippen molar-refractivity contribution in [1.82, 2.24) is 0 Å². The second-order valence-corrected chi connectivity index (χ2v) is 7.94. The zero-order valence-electron chi connectivity index (χ0n) is 18.9. The summed E-state index contributed by atoms with van der Waals surface area (Å²) in [5.74, 6) is 2.40. The van der Waals surface area contributed by atoms with Crippen molar-refractivity contribution in [3.63, 3.8) is 0 Å². The Balaban J connectivity index is 1.84. The van der Waals surface area contributed by atoms with Crippen LogP contribution < -0.4 is 24.0 Å². The molecule has 1 aliphatic rings. The molecule has 1 aliphatic heterocycles. The minimum Gasteiger partial charge on any atom is -0.497 e. The lowest BCUT2D eigenvalue weighted by atomic mass is 9.87. The molecule has 0 amide bonds. The van der Waals surface area contributed by atoms with Crippen molar-refractivity contribution in [2.45, 2.75) is 12.5 Å². The van der Waals surface area contributed by atoms with Crippen LogP contribution in [0.5, 0.6) is 17.2 Å². The van der Waals surface area contributed by atoms with Crippen LogP contribution in [-0.2, 0) is 6.42 Å². The van der Waals surface area contributed by atoms with Gasteiger partial charge >= 0.3 is 0 Å². The van der Waals surface area contributed by atoms with Crippen molar-refractivity contribution < 1.29 is 14.2 Å². The lowest BCUT2D eigenvalue weighted by molar-refractivity contribution is 0.353. The highest BCUT2D eigenvalue weighted by Crippen LogP contribution is 2.43. The van der Waals surface area contributed by atoms with Gasteiger partial charge in [-0.15, -0.1) is 0 Å². The normalized spacial score (nSPS) is 15.3. The Morgan fingerprint density at radius 2 is 1.45 bits per heavy atom. The minimum absolute atomic E-state index is 0.0770. The second kappa shape index (κ2) is 8.80. The molecule has 0 saturated carbocycles. The third-order valence-electron chi connectivity index (χ3n) is 6.00. The molecular formula is C26H30N2O3. The maximum absolute atomic E-state index is 5.64. The van der Waals surface area contributed by atoms with Crippen molar-refractivity contribution in [3.05, 3.63) is 77.4 Å². The topological polar surface area (TPSA) is 34.2 Å². The highest BCUT2D eigenvalue weighted by atomic mass is 16.5. The maximum atomic E-state index is 5.64. The van der Waals surface area contributed by atoms with Crippen LogP contribution in [0.4, 0.5) is 11.4 Å². The molecule has 162 valence electrons. The van der Waals surface area contributed by atoms with Gasteiger partial charge in [-0.25, -0.2) is 0 Å². The molecule has 0 fully saturated rings. The minimum atomic E-state index is 0.0770. The first kappa shape index (κ1) is 20.9. The molecule has 0 aliphatic carbocycles. The fraction of sp³-hybridized carbons (Fsp3) is 0.308. The van der Waals surface area contributed by atoms with Gasteiger partial charge in [0, 0.05) is 32.0 Å². The molecule has 3 aromatic rings. The Bertz CT molecular complexity index is 1030. The van der Waals surface area contributed by atoms with Gasteiger partial charge in [-0.2, -0.15) is 0 Å². The molecule has 0 bridgehead atoms. The van der Waals surface area contributed by atoms with Crippen LogP contribution in [0.2, 0.25) is 0 Å². The lowest BCUT2D eigenvalue weighted by Gasteiger charge is -2.40. The van der Waals surface area contributed by atoms with Gasteiger partial charge in [0.25, 0.3) is 0 Å². The third kappa shape index (κ3) is 4.00. The second-order valence-electron chi connectivity index (χ2n) is 7.94. The summed E-state index contributed by atoms with van der Waals surface area (Å²) in [6, 6.07) is 21.4. The van der Waals surface area contributed by atoms with Crippen LogP contribution in [0.15, 0.2) is 60.7 Å². The highest BCUT2D eigenvalue weighted by molar-refractivity contribution is 5.61. The van der Waals surface area contributed by atoms with E-state index in [4.69, 9.17) is 14.2 Å². The van der Waals surface area contributed by atoms with Crippen LogP contribution in [0.1, 0.15) is 22.7 Å². The van der Waals surface area contributed by atoms with E-state index in [1.54, 1.807) is 21.3 Å². The van der Waals surface area contributed by atoms with Crippen LogP contribution in [0.25, 0.3) is 0 Å². The van der Waals surface area contributed by atoms with E-state index >= 15 is 0 Å².